The SMILES string of the molecule is COc1ccccc1OC(C)C(=O)NNC(=O)COc1cc(C)c(Cl)c(C)c1. The summed E-state index contributed by atoms with van der Waals surface area (Å²) < 4.78 is 16.2. The van der Waals surface area contributed by atoms with Crippen LogP contribution in [0.4, 0.5) is 0 Å². The lowest BCUT2D eigenvalue weighted by Gasteiger charge is -2.17. The Morgan fingerprint density at radius 1 is 1.07 bits per heavy atom. The zero-order valence-corrected chi connectivity index (χ0v) is 16.9. The molecule has 7 nitrogen and oxygen atoms in total. The highest BCUT2D eigenvalue weighted by Crippen LogP contribution is 2.27. The van der Waals surface area contributed by atoms with Crippen LogP contribution in [0.15, 0.2) is 36.4 Å². The van der Waals surface area contributed by atoms with Crippen molar-refractivity contribution in [3.63, 3.8) is 0 Å². The molecule has 0 saturated heterocycles. The molecule has 8 heteroatoms. The minimum absolute atomic E-state index is 0.261. The maximum atomic E-state index is 12.1. The number of hydrogen-bond acceptors (Lipinski definition) is 5. The summed E-state index contributed by atoms with van der Waals surface area (Å²) >= 11 is 6.10. The zero-order valence-electron chi connectivity index (χ0n) is 16.2. The van der Waals surface area contributed by atoms with Gasteiger partial charge in [0, 0.05) is 5.02 Å². The Balaban J connectivity index is 1.81. The second-order valence-electron chi connectivity index (χ2n) is 6.11. The molecular weight excluding hydrogens is 384 g/mol. The maximum Gasteiger partial charge on any atom is 0.279 e. The predicted molar refractivity (Wildman–Crippen MR) is 106 cm³/mol. The summed E-state index contributed by atoms with van der Waals surface area (Å²) in [6.45, 7) is 5.00. The average Bonchev–Trinajstić information content (AvgIpc) is 2.68. The third kappa shape index (κ3) is 5.79. The Bertz CT molecular complexity index is 833. The van der Waals surface area contributed by atoms with Crippen LogP contribution in [0.3, 0.4) is 0 Å². The molecule has 0 bridgehead atoms. The van der Waals surface area contributed by atoms with Crippen LogP contribution in [-0.2, 0) is 9.59 Å². The largest absolute Gasteiger partial charge is 0.493 e. The smallest absolute Gasteiger partial charge is 0.279 e. The summed E-state index contributed by atoms with van der Waals surface area (Å²) in [5.74, 6) is 0.429. The Morgan fingerprint density at radius 2 is 1.68 bits per heavy atom. The van der Waals surface area contributed by atoms with Crippen LogP contribution in [0.5, 0.6) is 17.2 Å². The number of nitrogens with one attached hydrogen (secondary N) is 2. The Kier molecular flexibility index (Phi) is 7.52. The fourth-order valence-corrected chi connectivity index (χ4v) is 2.48. The van der Waals surface area contributed by atoms with E-state index < -0.39 is 17.9 Å². The first-order chi connectivity index (χ1) is 13.3. The van der Waals surface area contributed by atoms with E-state index in [1.54, 1.807) is 43.3 Å². The summed E-state index contributed by atoms with van der Waals surface area (Å²) in [7, 11) is 1.51. The molecule has 0 radical (unpaired) electrons. The number of carbonyl (C=O) groups excluding carboxylic acids is 2. The molecule has 1 atom stereocenters. The first-order valence-electron chi connectivity index (χ1n) is 8.59. The molecular formula is C20H23ClN2O5. The van der Waals surface area contributed by atoms with E-state index in [0.717, 1.165) is 11.1 Å². The van der Waals surface area contributed by atoms with Gasteiger partial charge in [-0.1, -0.05) is 23.7 Å². The summed E-state index contributed by atoms with van der Waals surface area (Å²) in [5, 5.41) is 0.660. The highest BCUT2D eigenvalue weighted by molar-refractivity contribution is 6.32. The third-order valence-corrected chi connectivity index (χ3v) is 4.44. The minimum Gasteiger partial charge on any atom is -0.493 e. The molecule has 1 unspecified atom stereocenters. The van der Waals surface area contributed by atoms with Crippen LogP contribution in [0.1, 0.15) is 18.1 Å². The summed E-state index contributed by atoms with van der Waals surface area (Å²) in [6, 6.07) is 10.4. The molecule has 2 rings (SSSR count). The van der Waals surface area contributed by atoms with Crippen LogP contribution >= 0.6 is 11.6 Å². The van der Waals surface area contributed by atoms with Gasteiger partial charge in [-0.15, -0.1) is 0 Å². The fourth-order valence-electron chi connectivity index (χ4n) is 2.37. The molecule has 2 N–H and O–H groups in total. The average molecular weight is 407 g/mol. The standard InChI is InChI=1S/C20H23ClN2O5/c1-12-9-15(10-13(2)19(12)21)27-11-18(24)22-23-20(25)14(3)28-17-8-6-5-7-16(17)26-4/h5-10,14H,11H2,1-4H3,(H,22,24)(H,23,25). The van der Waals surface area contributed by atoms with Crippen LogP contribution in [0.25, 0.3) is 0 Å². The van der Waals surface area contributed by atoms with Crippen molar-refractivity contribution < 1.29 is 23.8 Å². The van der Waals surface area contributed by atoms with E-state index in [1.165, 1.54) is 7.11 Å². The van der Waals surface area contributed by atoms with Crippen molar-refractivity contribution in [3.8, 4) is 17.2 Å². The summed E-state index contributed by atoms with van der Waals surface area (Å²) in [6.07, 6.45) is -0.848. The molecule has 0 aliphatic carbocycles. The molecule has 0 saturated carbocycles. The Hall–Kier alpha value is -2.93. The van der Waals surface area contributed by atoms with Gasteiger partial charge < -0.3 is 14.2 Å². The molecule has 2 aromatic rings. The highest BCUT2D eigenvalue weighted by atomic mass is 35.5. The number of methoxy groups -OCH3 is 1. The number of amides is 2. The second kappa shape index (κ2) is 9.85. The number of ether oxygens (including phenoxy) is 3. The first kappa shape index (κ1) is 21.4. The van der Waals surface area contributed by atoms with Gasteiger partial charge in [-0.3, -0.25) is 20.4 Å². The van der Waals surface area contributed by atoms with Crippen molar-refractivity contribution in [2.45, 2.75) is 26.9 Å². The van der Waals surface area contributed by atoms with Crippen molar-refractivity contribution in [2.75, 3.05) is 13.7 Å². The van der Waals surface area contributed by atoms with E-state index in [4.69, 9.17) is 25.8 Å². The van der Waals surface area contributed by atoms with Crippen molar-refractivity contribution >= 4 is 23.4 Å². The van der Waals surface area contributed by atoms with Crippen molar-refractivity contribution in [1.29, 1.82) is 0 Å². The van der Waals surface area contributed by atoms with E-state index in [9.17, 15) is 9.59 Å². The predicted octanol–water partition coefficient (Wildman–Crippen LogP) is 2.96. The van der Waals surface area contributed by atoms with Crippen molar-refractivity contribution in [3.05, 3.63) is 52.5 Å². The van der Waals surface area contributed by atoms with Gasteiger partial charge >= 0.3 is 0 Å². The van der Waals surface area contributed by atoms with Crippen LogP contribution < -0.4 is 25.1 Å². The Morgan fingerprint density at radius 3 is 2.29 bits per heavy atom. The van der Waals surface area contributed by atoms with Gasteiger partial charge in [-0.25, -0.2) is 0 Å². The normalized spacial score (nSPS) is 11.3. The third-order valence-electron chi connectivity index (χ3n) is 3.85. The quantitative estimate of drug-likeness (QED) is 0.690. The lowest BCUT2D eigenvalue weighted by atomic mass is 10.1. The molecule has 0 aliphatic heterocycles. The molecule has 0 spiro atoms. The summed E-state index contributed by atoms with van der Waals surface area (Å²) in [5.41, 5.74) is 6.30. The lowest BCUT2D eigenvalue weighted by Crippen LogP contribution is -2.48. The minimum atomic E-state index is -0.848. The van der Waals surface area contributed by atoms with Gasteiger partial charge in [-0.05, 0) is 56.2 Å². The molecule has 0 aliphatic rings. The Labute approximate surface area is 168 Å². The number of carbonyl (C=O) groups is 2. The molecule has 0 heterocycles. The van der Waals surface area contributed by atoms with E-state index in [-0.39, 0.29) is 6.61 Å². The zero-order chi connectivity index (χ0) is 20.7. The fraction of sp³-hybridized carbons (Fsp3) is 0.300. The molecule has 0 fully saturated rings. The highest BCUT2D eigenvalue weighted by Gasteiger charge is 2.17. The van der Waals surface area contributed by atoms with E-state index >= 15 is 0 Å². The van der Waals surface area contributed by atoms with E-state index in [0.29, 0.717) is 22.3 Å². The molecule has 2 amide bonds. The van der Waals surface area contributed by atoms with Crippen LogP contribution in [0.2, 0.25) is 5.02 Å². The summed E-state index contributed by atoms with van der Waals surface area (Å²) in [4.78, 5) is 24.0. The number of hydrogen-bond donors (Lipinski definition) is 2. The lowest BCUT2D eigenvalue weighted by molar-refractivity contribution is -0.133. The van der Waals surface area contributed by atoms with Crippen LogP contribution in [-0.4, -0.2) is 31.6 Å². The second-order valence-corrected chi connectivity index (χ2v) is 6.49. The molecule has 2 aromatic carbocycles. The number of benzene rings is 2. The first-order valence-corrected chi connectivity index (χ1v) is 8.97. The van der Waals surface area contributed by atoms with Crippen LogP contribution in [0, 0.1) is 13.8 Å². The van der Waals surface area contributed by atoms with Gasteiger partial charge in [0.05, 0.1) is 7.11 Å². The molecule has 0 aromatic heterocycles. The molecule has 28 heavy (non-hydrogen) atoms. The van der Waals surface area contributed by atoms with Gasteiger partial charge in [-0.2, -0.15) is 0 Å². The van der Waals surface area contributed by atoms with E-state index in [1.807, 2.05) is 13.8 Å². The number of hydrazine groups is 1. The van der Waals surface area contributed by atoms with Crippen molar-refractivity contribution in [1.82, 2.24) is 10.9 Å². The van der Waals surface area contributed by atoms with E-state index in [2.05, 4.69) is 10.9 Å². The number of rotatable bonds is 7. The van der Waals surface area contributed by atoms with Crippen molar-refractivity contribution in [2.24, 2.45) is 0 Å². The van der Waals surface area contributed by atoms with Gasteiger partial charge in [0.2, 0.25) is 0 Å². The van der Waals surface area contributed by atoms with Gasteiger partial charge in [0.15, 0.2) is 24.2 Å². The monoisotopic (exact) mass is 406 g/mol. The number of para-hydroxylation sites is 2. The number of aryl methyl sites for hydroxylation is 2. The number of halogens is 1. The maximum absolute atomic E-state index is 12.1. The topological polar surface area (TPSA) is 85.9 Å². The van der Waals surface area contributed by atoms with Gasteiger partial charge in [0.1, 0.15) is 5.75 Å². The van der Waals surface area contributed by atoms with Gasteiger partial charge in [0.25, 0.3) is 11.8 Å². The molecule has 150 valence electrons.